The van der Waals surface area contributed by atoms with Crippen molar-refractivity contribution in [1.82, 2.24) is 5.32 Å². The Kier molecular flexibility index (Phi) is 4.42. The molecule has 7 heteroatoms. The molecule has 110 valence electrons. The highest BCUT2D eigenvalue weighted by molar-refractivity contribution is 6.00. The van der Waals surface area contributed by atoms with Crippen molar-refractivity contribution in [2.45, 2.75) is 26.6 Å². The van der Waals surface area contributed by atoms with Crippen LogP contribution in [0, 0.1) is 5.41 Å². The molecule has 1 rings (SSSR count). The van der Waals surface area contributed by atoms with Gasteiger partial charge in [-0.3, -0.25) is 9.59 Å². The third kappa shape index (κ3) is 3.49. The minimum Gasteiger partial charge on any atom is -0.480 e. The highest BCUT2D eigenvalue weighted by atomic mass is 19.4. The molecule has 0 saturated heterocycles. The number of alkyl halides is 3. The summed E-state index contributed by atoms with van der Waals surface area (Å²) in [5, 5.41) is 11.1. The predicted octanol–water partition coefficient (Wildman–Crippen LogP) is 2.43. The first kappa shape index (κ1) is 16.0. The van der Waals surface area contributed by atoms with Crippen LogP contribution in [-0.4, -0.2) is 17.0 Å². The molecule has 0 aliphatic carbocycles. The van der Waals surface area contributed by atoms with Crippen molar-refractivity contribution < 1.29 is 27.9 Å². The number of carbonyl (C=O) groups excluding carboxylic acids is 1. The number of rotatable bonds is 4. The van der Waals surface area contributed by atoms with Gasteiger partial charge < -0.3 is 10.4 Å². The molecule has 1 aromatic rings. The van der Waals surface area contributed by atoms with E-state index in [4.69, 9.17) is 5.11 Å². The van der Waals surface area contributed by atoms with Gasteiger partial charge in [-0.2, -0.15) is 13.2 Å². The average Bonchev–Trinajstić information content (AvgIpc) is 2.34. The topological polar surface area (TPSA) is 66.4 Å². The number of hydrogen-bond donors (Lipinski definition) is 2. The number of carbonyl (C=O) groups is 2. The van der Waals surface area contributed by atoms with Gasteiger partial charge in [0, 0.05) is 6.54 Å². The average molecular weight is 289 g/mol. The van der Waals surface area contributed by atoms with Gasteiger partial charge in [0.1, 0.15) is 5.41 Å². The van der Waals surface area contributed by atoms with E-state index in [-0.39, 0.29) is 12.1 Å². The van der Waals surface area contributed by atoms with Crippen molar-refractivity contribution in [3.8, 4) is 0 Å². The largest absolute Gasteiger partial charge is 0.480 e. The number of halogens is 3. The van der Waals surface area contributed by atoms with E-state index in [1.807, 2.05) is 0 Å². The van der Waals surface area contributed by atoms with Crippen molar-refractivity contribution >= 4 is 11.9 Å². The molecule has 1 aromatic carbocycles. The number of amides is 1. The minimum absolute atomic E-state index is 0.116. The van der Waals surface area contributed by atoms with E-state index in [1.54, 1.807) is 0 Å². The van der Waals surface area contributed by atoms with Crippen molar-refractivity contribution in [2.24, 2.45) is 5.41 Å². The third-order valence-electron chi connectivity index (χ3n) is 2.86. The molecule has 0 aliphatic rings. The van der Waals surface area contributed by atoms with Crippen molar-refractivity contribution in [2.75, 3.05) is 0 Å². The smallest absolute Gasteiger partial charge is 0.416 e. The van der Waals surface area contributed by atoms with Crippen LogP contribution in [-0.2, 0) is 22.3 Å². The molecular formula is C13H14F3NO3. The Bertz CT molecular complexity index is 524. The summed E-state index contributed by atoms with van der Waals surface area (Å²) >= 11 is 0. The highest BCUT2D eigenvalue weighted by Gasteiger charge is 2.37. The maximum Gasteiger partial charge on any atom is 0.416 e. The van der Waals surface area contributed by atoms with Crippen LogP contribution in [0.3, 0.4) is 0 Å². The van der Waals surface area contributed by atoms with Gasteiger partial charge in [-0.15, -0.1) is 0 Å². The molecule has 0 aliphatic heterocycles. The second kappa shape index (κ2) is 5.52. The van der Waals surface area contributed by atoms with Gasteiger partial charge in [0.15, 0.2) is 0 Å². The molecule has 0 aromatic heterocycles. The molecule has 0 fully saturated rings. The molecule has 4 nitrogen and oxygen atoms in total. The highest BCUT2D eigenvalue weighted by Crippen LogP contribution is 2.31. The molecule has 1 amide bonds. The lowest BCUT2D eigenvalue weighted by Crippen LogP contribution is -2.42. The van der Waals surface area contributed by atoms with Crippen LogP contribution in [0.4, 0.5) is 13.2 Å². The Balaban J connectivity index is 2.87. The number of benzene rings is 1. The summed E-state index contributed by atoms with van der Waals surface area (Å²) in [5.41, 5.74) is -2.67. The number of hydrogen-bond acceptors (Lipinski definition) is 2. The van der Waals surface area contributed by atoms with E-state index >= 15 is 0 Å². The lowest BCUT2D eigenvalue weighted by molar-refractivity contribution is -0.153. The molecule has 0 radical (unpaired) electrons. The normalized spacial score (nSPS) is 12.1. The van der Waals surface area contributed by atoms with Crippen LogP contribution < -0.4 is 5.32 Å². The Hall–Kier alpha value is -2.05. The number of aliphatic carboxylic acids is 1. The van der Waals surface area contributed by atoms with E-state index in [0.717, 1.165) is 6.07 Å². The summed E-state index contributed by atoms with van der Waals surface area (Å²) in [5.74, 6) is -2.19. The lowest BCUT2D eigenvalue weighted by Gasteiger charge is -2.19. The minimum atomic E-state index is -4.52. The summed E-state index contributed by atoms with van der Waals surface area (Å²) in [6, 6.07) is 4.80. The summed E-state index contributed by atoms with van der Waals surface area (Å²) in [7, 11) is 0. The monoisotopic (exact) mass is 289 g/mol. The van der Waals surface area contributed by atoms with Crippen molar-refractivity contribution in [3.05, 3.63) is 35.4 Å². The Labute approximate surface area is 113 Å². The Morgan fingerprint density at radius 3 is 2.25 bits per heavy atom. The Morgan fingerprint density at radius 1 is 1.20 bits per heavy atom. The molecule has 0 bridgehead atoms. The van der Waals surface area contributed by atoms with Gasteiger partial charge >= 0.3 is 12.1 Å². The van der Waals surface area contributed by atoms with E-state index in [9.17, 15) is 22.8 Å². The quantitative estimate of drug-likeness (QED) is 0.837. The second-order valence-corrected chi connectivity index (χ2v) is 4.77. The van der Waals surface area contributed by atoms with E-state index < -0.39 is 29.0 Å². The molecule has 0 atom stereocenters. The first-order valence-electron chi connectivity index (χ1n) is 5.73. The summed E-state index contributed by atoms with van der Waals surface area (Å²) in [6.45, 7) is 1.98. The van der Waals surface area contributed by atoms with Gasteiger partial charge in [-0.25, -0.2) is 0 Å². The van der Waals surface area contributed by atoms with Gasteiger partial charge in [-0.05, 0) is 25.5 Å². The standard InChI is InChI=1S/C13H14F3NO3/c1-12(2,11(19)20)10(18)17-7-8-5-3-4-6-9(8)13(14,15)16/h3-6H,7H2,1-2H3,(H,17,18)(H,19,20). The van der Waals surface area contributed by atoms with Crippen LogP contribution in [0.15, 0.2) is 24.3 Å². The summed E-state index contributed by atoms with van der Waals surface area (Å²) < 4.78 is 38.2. The molecular weight excluding hydrogens is 275 g/mol. The SMILES string of the molecule is CC(C)(C(=O)O)C(=O)NCc1ccccc1C(F)(F)F. The fourth-order valence-corrected chi connectivity index (χ4v) is 1.44. The summed E-state index contributed by atoms with van der Waals surface area (Å²) in [6.07, 6.45) is -4.52. The zero-order valence-corrected chi connectivity index (χ0v) is 10.9. The predicted molar refractivity (Wildman–Crippen MR) is 64.7 cm³/mol. The fourth-order valence-electron chi connectivity index (χ4n) is 1.44. The molecule has 0 spiro atoms. The zero-order valence-electron chi connectivity index (χ0n) is 10.9. The number of carboxylic acids is 1. The summed E-state index contributed by atoms with van der Waals surface area (Å²) in [4.78, 5) is 22.5. The first-order chi connectivity index (χ1) is 9.06. The lowest BCUT2D eigenvalue weighted by atomic mass is 9.92. The van der Waals surface area contributed by atoms with Gasteiger partial charge in [0.05, 0.1) is 5.56 Å². The van der Waals surface area contributed by atoms with Crippen LogP contribution in [0.5, 0.6) is 0 Å². The van der Waals surface area contributed by atoms with Gasteiger partial charge in [0.2, 0.25) is 5.91 Å². The number of nitrogens with one attached hydrogen (secondary N) is 1. The maximum atomic E-state index is 12.7. The van der Waals surface area contributed by atoms with Gasteiger partial charge in [0.25, 0.3) is 0 Å². The molecule has 0 saturated carbocycles. The fraction of sp³-hybridized carbons (Fsp3) is 0.385. The second-order valence-electron chi connectivity index (χ2n) is 4.77. The Morgan fingerprint density at radius 2 is 1.75 bits per heavy atom. The molecule has 0 unspecified atom stereocenters. The van der Waals surface area contributed by atoms with Crippen LogP contribution in [0.25, 0.3) is 0 Å². The van der Waals surface area contributed by atoms with Crippen LogP contribution in [0.2, 0.25) is 0 Å². The molecule has 2 N–H and O–H groups in total. The molecule has 0 heterocycles. The van der Waals surface area contributed by atoms with Crippen LogP contribution >= 0.6 is 0 Å². The van der Waals surface area contributed by atoms with Crippen molar-refractivity contribution in [3.63, 3.8) is 0 Å². The number of carboxylic acid groups (broad SMARTS) is 1. The van der Waals surface area contributed by atoms with E-state index in [1.165, 1.54) is 32.0 Å². The van der Waals surface area contributed by atoms with Gasteiger partial charge in [-0.1, -0.05) is 18.2 Å². The third-order valence-corrected chi connectivity index (χ3v) is 2.86. The van der Waals surface area contributed by atoms with E-state index in [2.05, 4.69) is 5.32 Å². The molecule has 20 heavy (non-hydrogen) atoms. The maximum absolute atomic E-state index is 12.7. The van der Waals surface area contributed by atoms with E-state index in [0.29, 0.717) is 0 Å². The first-order valence-corrected chi connectivity index (χ1v) is 5.73. The van der Waals surface area contributed by atoms with Crippen molar-refractivity contribution in [1.29, 1.82) is 0 Å². The zero-order chi connectivity index (χ0) is 15.6. The van der Waals surface area contributed by atoms with Crippen LogP contribution in [0.1, 0.15) is 25.0 Å².